The maximum Gasteiger partial charge on any atom is 0.0472 e. The number of hydrogen-bond acceptors (Lipinski definition) is 2. The molecule has 1 atom stereocenters. The minimum Gasteiger partial charge on any atom is -0.315 e. The molecular formula is C19H32N2. The number of likely N-dealkylation sites (tertiary alicyclic amines) is 1. The summed E-state index contributed by atoms with van der Waals surface area (Å²) in [5.41, 5.74) is 1.97. The van der Waals surface area contributed by atoms with Crippen molar-refractivity contribution in [3.8, 4) is 0 Å². The molecule has 2 nitrogen and oxygen atoms in total. The summed E-state index contributed by atoms with van der Waals surface area (Å²) in [5, 5.41) is 3.66. The van der Waals surface area contributed by atoms with E-state index in [0.717, 1.165) is 13.1 Å². The van der Waals surface area contributed by atoms with Crippen LogP contribution in [0.4, 0.5) is 0 Å². The maximum atomic E-state index is 3.66. The van der Waals surface area contributed by atoms with E-state index >= 15 is 0 Å². The minimum absolute atomic E-state index is 0.515. The average molecular weight is 288 g/mol. The van der Waals surface area contributed by atoms with E-state index in [0.29, 0.717) is 17.4 Å². The summed E-state index contributed by atoms with van der Waals surface area (Å²) in [6.45, 7) is 13.9. The molecule has 1 unspecified atom stereocenters. The first-order chi connectivity index (χ1) is 9.98. The molecule has 1 heterocycles. The quantitative estimate of drug-likeness (QED) is 0.848. The van der Waals surface area contributed by atoms with E-state index in [1.165, 1.54) is 31.5 Å². The Hall–Kier alpha value is -0.860. The Morgan fingerprint density at radius 1 is 1.05 bits per heavy atom. The zero-order chi connectivity index (χ0) is 15.3. The van der Waals surface area contributed by atoms with Crippen LogP contribution in [0, 0.1) is 11.3 Å². The van der Waals surface area contributed by atoms with Gasteiger partial charge in [0.2, 0.25) is 0 Å². The molecule has 0 spiro atoms. The fraction of sp³-hybridized carbons (Fsp3) is 0.684. The van der Waals surface area contributed by atoms with Crippen LogP contribution in [0.2, 0.25) is 0 Å². The van der Waals surface area contributed by atoms with Gasteiger partial charge in [-0.15, -0.1) is 0 Å². The number of rotatable bonds is 6. The van der Waals surface area contributed by atoms with Crippen LogP contribution in [0.3, 0.4) is 0 Å². The molecule has 2 heteroatoms. The van der Waals surface area contributed by atoms with Crippen molar-refractivity contribution in [1.82, 2.24) is 10.2 Å². The van der Waals surface area contributed by atoms with Crippen molar-refractivity contribution in [3.63, 3.8) is 0 Å². The summed E-state index contributed by atoms with van der Waals surface area (Å²) in [6.07, 6.45) is 2.61. The first-order valence-electron chi connectivity index (χ1n) is 8.48. The summed E-state index contributed by atoms with van der Waals surface area (Å²) >= 11 is 0. The third-order valence-corrected chi connectivity index (χ3v) is 4.67. The first-order valence-corrected chi connectivity index (χ1v) is 8.48. The SMILES string of the molecule is CC(C)CNCC(c1ccccc1)N1CCC(C)(C)CC1. The lowest BCUT2D eigenvalue weighted by molar-refractivity contribution is 0.0924. The molecule has 118 valence electrons. The van der Waals surface area contributed by atoms with E-state index in [-0.39, 0.29) is 0 Å². The van der Waals surface area contributed by atoms with E-state index in [4.69, 9.17) is 0 Å². The van der Waals surface area contributed by atoms with Crippen molar-refractivity contribution in [2.45, 2.75) is 46.6 Å². The van der Waals surface area contributed by atoms with Gasteiger partial charge in [0, 0.05) is 12.6 Å². The molecular weight excluding hydrogens is 256 g/mol. The highest BCUT2D eigenvalue weighted by Gasteiger charge is 2.29. The van der Waals surface area contributed by atoms with Crippen LogP contribution in [-0.4, -0.2) is 31.1 Å². The molecule has 1 N–H and O–H groups in total. The Kier molecular flexibility index (Phi) is 5.83. The highest BCUT2D eigenvalue weighted by molar-refractivity contribution is 5.19. The summed E-state index contributed by atoms with van der Waals surface area (Å²) < 4.78 is 0. The summed E-state index contributed by atoms with van der Waals surface area (Å²) in [4.78, 5) is 2.67. The molecule has 0 aliphatic carbocycles. The predicted octanol–water partition coefficient (Wildman–Crippen LogP) is 4.10. The van der Waals surface area contributed by atoms with Crippen molar-refractivity contribution in [2.75, 3.05) is 26.2 Å². The molecule has 1 aliphatic rings. The van der Waals surface area contributed by atoms with Gasteiger partial charge in [-0.2, -0.15) is 0 Å². The standard InChI is InChI=1S/C19H32N2/c1-16(2)14-20-15-18(17-8-6-5-7-9-17)21-12-10-19(3,4)11-13-21/h5-9,16,18,20H,10-15H2,1-4H3. The second-order valence-electron chi connectivity index (χ2n) is 7.68. The highest BCUT2D eigenvalue weighted by atomic mass is 15.2. The smallest absolute Gasteiger partial charge is 0.0472 e. The molecule has 0 bridgehead atoms. The first kappa shape index (κ1) is 16.5. The number of nitrogens with one attached hydrogen (secondary N) is 1. The lowest BCUT2D eigenvalue weighted by Gasteiger charge is -2.41. The molecule has 1 saturated heterocycles. The van der Waals surface area contributed by atoms with Crippen molar-refractivity contribution in [1.29, 1.82) is 0 Å². The van der Waals surface area contributed by atoms with Crippen LogP contribution < -0.4 is 5.32 Å². The van der Waals surface area contributed by atoms with E-state index in [1.54, 1.807) is 0 Å². The molecule has 1 aliphatic heterocycles. The Morgan fingerprint density at radius 3 is 2.24 bits per heavy atom. The van der Waals surface area contributed by atoms with Gasteiger partial charge in [0.05, 0.1) is 0 Å². The zero-order valence-electron chi connectivity index (χ0n) is 14.2. The molecule has 1 fully saturated rings. The third kappa shape index (κ3) is 5.12. The van der Waals surface area contributed by atoms with E-state index in [2.05, 4.69) is 68.2 Å². The summed E-state index contributed by atoms with van der Waals surface area (Å²) in [7, 11) is 0. The molecule has 0 saturated carbocycles. The van der Waals surface area contributed by atoms with Gasteiger partial charge in [-0.1, -0.05) is 58.0 Å². The largest absolute Gasteiger partial charge is 0.315 e. The van der Waals surface area contributed by atoms with E-state index < -0.39 is 0 Å². The van der Waals surface area contributed by atoms with E-state index in [9.17, 15) is 0 Å². The number of nitrogens with zero attached hydrogens (tertiary/aromatic N) is 1. The number of piperidine rings is 1. The average Bonchev–Trinajstić information content (AvgIpc) is 2.45. The summed E-state index contributed by atoms with van der Waals surface area (Å²) in [6, 6.07) is 11.5. The zero-order valence-corrected chi connectivity index (χ0v) is 14.2. The number of hydrogen-bond donors (Lipinski definition) is 1. The van der Waals surface area contributed by atoms with Crippen molar-refractivity contribution in [2.24, 2.45) is 11.3 Å². The molecule has 21 heavy (non-hydrogen) atoms. The van der Waals surface area contributed by atoms with Crippen LogP contribution in [0.15, 0.2) is 30.3 Å². The Morgan fingerprint density at radius 2 is 1.67 bits per heavy atom. The summed E-state index contributed by atoms with van der Waals surface area (Å²) in [5.74, 6) is 0.710. The normalized spacial score (nSPS) is 20.6. The Balaban J connectivity index is 2.02. The van der Waals surface area contributed by atoms with Crippen molar-refractivity contribution >= 4 is 0 Å². The fourth-order valence-electron chi connectivity index (χ4n) is 3.08. The van der Waals surface area contributed by atoms with Gasteiger partial charge in [-0.25, -0.2) is 0 Å². The van der Waals surface area contributed by atoms with Gasteiger partial charge in [-0.3, -0.25) is 4.90 Å². The van der Waals surface area contributed by atoms with Gasteiger partial charge in [0.1, 0.15) is 0 Å². The molecule has 0 amide bonds. The van der Waals surface area contributed by atoms with Crippen LogP contribution in [0.5, 0.6) is 0 Å². The van der Waals surface area contributed by atoms with Crippen LogP contribution in [-0.2, 0) is 0 Å². The molecule has 0 radical (unpaired) electrons. The third-order valence-electron chi connectivity index (χ3n) is 4.67. The Bertz CT molecular complexity index is 401. The van der Waals surface area contributed by atoms with Crippen LogP contribution in [0.1, 0.15) is 52.1 Å². The monoisotopic (exact) mass is 288 g/mol. The topological polar surface area (TPSA) is 15.3 Å². The second kappa shape index (κ2) is 7.42. The Labute approximate surface area is 130 Å². The molecule has 2 rings (SSSR count). The van der Waals surface area contributed by atoms with Gasteiger partial charge in [0.15, 0.2) is 0 Å². The van der Waals surface area contributed by atoms with Crippen LogP contribution >= 0.6 is 0 Å². The van der Waals surface area contributed by atoms with Gasteiger partial charge in [0.25, 0.3) is 0 Å². The molecule has 1 aromatic rings. The number of benzene rings is 1. The van der Waals surface area contributed by atoms with Gasteiger partial charge in [-0.05, 0) is 49.4 Å². The van der Waals surface area contributed by atoms with E-state index in [1.807, 2.05) is 0 Å². The van der Waals surface area contributed by atoms with Crippen LogP contribution in [0.25, 0.3) is 0 Å². The maximum absolute atomic E-state index is 3.66. The lowest BCUT2D eigenvalue weighted by atomic mass is 9.82. The van der Waals surface area contributed by atoms with Crippen molar-refractivity contribution < 1.29 is 0 Å². The predicted molar refractivity (Wildman–Crippen MR) is 91.5 cm³/mol. The second-order valence-corrected chi connectivity index (χ2v) is 7.68. The van der Waals surface area contributed by atoms with Crippen molar-refractivity contribution in [3.05, 3.63) is 35.9 Å². The van der Waals surface area contributed by atoms with Gasteiger partial charge < -0.3 is 5.32 Å². The molecule has 0 aromatic heterocycles. The fourth-order valence-corrected chi connectivity index (χ4v) is 3.08. The molecule has 1 aromatic carbocycles. The van der Waals surface area contributed by atoms with Gasteiger partial charge >= 0.3 is 0 Å². The highest BCUT2D eigenvalue weighted by Crippen LogP contribution is 2.33. The minimum atomic E-state index is 0.515. The lowest BCUT2D eigenvalue weighted by Crippen LogP contribution is -2.43.